The number of nitrogens with zero attached hydrogens (tertiary/aromatic N) is 2. The van der Waals surface area contributed by atoms with Crippen LogP contribution in [-0.2, 0) is 32.2 Å². The molecule has 0 unspecified atom stereocenters. The Morgan fingerprint density at radius 2 is 1.79 bits per heavy atom. The molecule has 0 atom stereocenters. The number of aryl methyl sites for hydroxylation is 1. The molecule has 1 amide bonds. The van der Waals surface area contributed by atoms with Gasteiger partial charge >= 0.3 is 12.1 Å². The molecule has 1 aliphatic rings. The molecule has 10 nitrogen and oxygen atoms in total. The van der Waals surface area contributed by atoms with Crippen molar-refractivity contribution in [2.75, 3.05) is 22.8 Å². The van der Waals surface area contributed by atoms with E-state index in [1.54, 1.807) is 12.1 Å². The van der Waals surface area contributed by atoms with Crippen molar-refractivity contribution in [3.05, 3.63) is 93.5 Å². The van der Waals surface area contributed by atoms with E-state index in [0.29, 0.717) is 24.2 Å². The topological polar surface area (TPSA) is 136 Å². The number of halogens is 3. The van der Waals surface area contributed by atoms with Gasteiger partial charge in [0.1, 0.15) is 5.69 Å². The Kier molecular flexibility index (Phi) is 7.58. The van der Waals surface area contributed by atoms with E-state index in [1.165, 1.54) is 22.5 Å². The molecule has 14 heteroatoms. The number of nitro benzene ring substituents is 1. The zero-order chi connectivity index (χ0) is 28.4. The maximum atomic E-state index is 13.4. The van der Waals surface area contributed by atoms with Crippen molar-refractivity contribution in [2.45, 2.75) is 23.9 Å². The van der Waals surface area contributed by atoms with Gasteiger partial charge in [-0.2, -0.15) is 13.2 Å². The smallest absolute Gasteiger partial charge is 0.416 e. The van der Waals surface area contributed by atoms with Gasteiger partial charge in [0.25, 0.3) is 21.6 Å². The second-order valence-corrected chi connectivity index (χ2v) is 10.3. The predicted octanol–water partition coefficient (Wildman–Crippen LogP) is 4.55. The molecule has 0 radical (unpaired) electrons. The maximum absolute atomic E-state index is 13.4. The standard InChI is InChI=1S/C25H20F3N3O7S/c26-25(27,28)18-10-11-20(22(14-18)31(34)35)29-23(32)15-38-24(33)17-6-3-8-19(13-17)39(36,37)30-12-4-7-16-5-1-2-9-21(16)30/h1-3,5-6,8-11,13-14H,4,7,12,15H2,(H,29,32). The summed E-state index contributed by atoms with van der Waals surface area (Å²) in [5, 5.41) is 13.2. The number of benzene rings is 3. The van der Waals surface area contributed by atoms with Crippen LogP contribution in [-0.4, -0.2) is 38.4 Å². The van der Waals surface area contributed by atoms with Crippen LogP contribution in [0.2, 0.25) is 0 Å². The van der Waals surface area contributed by atoms with Gasteiger partial charge in [0.2, 0.25) is 0 Å². The van der Waals surface area contributed by atoms with Crippen molar-refractivity contribution in [1.82, 2.24) is 0 Å². The summed E-state index contributed by atoms with van der Waals surface area (Å²) in [6.07, 6.45) is -3.49. The van der Waals surface area contributed by atoms with Crippen molar-refractivity contribution >= 4 is 39.0 Å². The molecule has 0 bridgehead atoms. The third-order valence-electron chi connectivity index (χ3n) is 5.86. The normalized spacial score (nSPS) is 13.4. The molecule has 3 aromatic rings. The van der Waals surface area contributed by atoms with Gasteiger partial charge in [0, 0.05) is 12.6 Å². The monoisotopic (exact) mass is 563 g/mol. The predicted molar refractivity (Wildman–Crippen MR) is 133 cm³/mol. The van der Waals surface area contributed by atoms with Crippen LogP contribution in [0.3, 0.4) is 0 Å². The van der Waals surface area contributed by atoms with E-state index in [0.717, 1.165) is 18.1 Å². The Bertz CT molecular complexity index is 1560. The fraction of sp³-hybridized carbons (Fsp3) is 0.200. The first-order chi connectivity index (χ1) is 18.4. The summed E-state index contributed by atoms with van der Waals surface area (Å²) in [5.41, 5.74) is -1.55. The van der Waals surface area contributed by atoms with Gasteiger partial charge in [-0.05, 0) is 54.8 Å². The first kappa shape index (κ1) is 27.6. The molecule has 0 aromatic heterocycles. The lowest BCUT2D eigenvalue weighted by molar-refractivity contribution is -0.384. The lowest BCUT2D eigenvalue weighted by atomic mass is 10.0. The van der Waals surface area contributed by atoms with E-state index < -0.39 is 56.5 Å². The molecule has 204 valence electrons. The average Bonchev–Trinajstić information content (AvgIpc) is 2.91. The number of rotatable bonds is 7. The van der Waals surface area contributed by atoms with Crippen molar-refractivity contribution in [3.8, 4) is 0 Å². The number of carbonyl (C=O) groups excluding carboxylic acids is 2. The summed E-state index contributed by atoms with van der Waals surface area (Å²) in [5.74, 6) is -2.11. The van der Waals surface area contributed by atoms with Crippen LogP contribution < -0.4 is 9.62 Å². The molecule has 0 fully saturated rings. The minimum Gasteiger partial charge on any atom is -0.452 e. The highest BCUT2D eigenvalue weighted by molar-refractivity contribution is 7.92. The molecule has 3 aromatic carbocycles. The fourth-order valence-corrected chi connectivity index (χ4v) is 5.61. The first-order valence-corrected chi connectivity index (χ1v) is 12.9. The van der Waals surface area contributed by atoms with E-state index in [1.807, 2.05) is 17.4 Å². The molecule has 0 spiro atoms. The van der Waals surface area contributed by atoms with Crippen LogP contribution in [0.1, 0.15) is 27.9 Å². The number of nitrogens with one attached hydrogen (secondary N) is 1. The van der Waals surface area contributed by atoms with Gasteiger partial charge in [-0.25, -0.2) is 13.2 Å². The van der Waals surface area contributed by atoms with Gasteiger partial charge in [-0.1, -0.05) is 24.3 Å². The summed E-state index contributed by atoms with van der Waals surface area (Å²) in [7, 11) is -4.03. The van der Waals surface area contributed by atoms with Crippen LogP contribution in [0.25, 0.3) is 0 Å². The lowest BCUT2D eigenvalue weighted by Crippen LogP contribution is -2.35. The lowest BCUT2D eigenvalue weighted by Gasteiger charge is -2.30. The van der Waals surface area contributed by atoms with E-state index in [4.69, 9.17) is 4.74 Å². The van der Waals surface area contributed by atoms with Crippen molar-refractivity contribution in [3.63, 3.8) is 0 Å². The van der Waals surface area contributed by atoms with Gasteiger partial charge in [0.15, 0.2) is 6.61 Å². The van der Waals surface area contributed by atoms with Crippen molar-refractivity contribution < 1.29 is 40.8 Å². The highest BCUT2D eigenvalue weighted by Gasteiger charge is 2.33. The second kappa shape index (κ2) is 10.7. The van der Waals surface area contributed by atoms with Crippen molar-refractivity contribution in [2.24, 2.45) is 0 Å². The minimum absolute atomic E-state index is 0.168. The molecule has 1 N–H and O–H groups in total. The molecule has 1 heterocycles. The van der Waals surface area contributed by atoms with E-state index in [2.05, 4.69) is 0 Å². The number of ether oxygens (including phenoxy) is 1. The largest absolute Gasteiger partial charge is 0.452 e. The zero-order valence-electron chi connectivity index (χ0n) is 20.0. The Labute approximate surface area is 220 Å². The number of alkyl halides is 3. The number of amides is 1. The van der Waals surface area contributed by atoms with E-state index in [9.17, 15) is 41.3 Å². The molecule has 0 saturated carbocycles. The molecular weight excluding hydrogens is 543 g/mol. The summed E-state index contributed by atoms with van der Waals surface area (Å²) in [4.78, 5) is 34.7. The number of hydrogen-bond acceptors (Lipinski definition) is 7. The average molecular weight is 564 g/mol. The van der Waals surface area contributed by atoms with Crippen LogP contribution >= 0.6 is 0 Å². The Balaban J connectivity index is 1.46. The van der Waals surface area contributed by atoms with Crippen LogP contribution in [0.15, 0.2) is 71.6 Å². The van der Waals surface area contributed by atoms with E-state index in [-0.39, 0.29) is 23.1 Å². The number of sulfonamides is 1. The summed E-state index contributed by atoms with van der Waals surface area (Å²) in [6.45, 7) is -0.683. The molecule has 0 saturated heterocycles. The summed E-state index contributed by atoms with van der Waals surface area (Å²) >= 11 is 0. The van der Waals surface area contributed by atoms with Crippen molar-refractivity contribution in [1.29, 1.82) is 0 Å². The second-order valence-electron chi connectivity index (χ2n) is 8.45. The van der Waals surface area contributed by atoms with Gasteiger partial charge in [-0.3, -0.25) is 19.2 Å². The third-order valence-corrected chi connectivity index (χ3v) is 7.66. The van der Waals surface area contributed by atoms with Gasteiger partial charge in [-0.15, -0.1) is 0 Å². The molecule has 39 heavy (non-hydrogen) atoms. The number of nitro groups is 1. The third kappa shape index (κ3) is 6.00. The number of fused-ring (bicyclic) bond motifs is 1. The summed E-state index contributed by atoms with van der Waals surface area (Å²) in [6, 6.07) is 13.7. The number of carbonyl (C=O) groups is 2. The molecular formula is C25H20F3N3O7S. The number of esters is 1. The van der Waals surface area contributed by atoms with Crippen LogP contribution in [0.4, 0.5) is 30.2 Å². The van der Waals surface area contributed by atoms with Gasteiger partial charge in [0.05, 0.1) is 26.6 Å². The van der Waals surface area contributed by atoms with E-state index >= 15 is 0 Å². The first-order valence-electron chi connectivity index (χ1n) is 11.4. The van der Waals surface area contributed by atoms with Crippen LogP contribution in [0.5, 0.6) is 0 Å². The highest BCUT2D eigenvalue weighted by Crippen LogP contribution is 2.35. The molecule has 4 rings (SSSR count). The minimum atomic E-state index is -4.83. The SMILES string of the molecule is O=C(COC(=O)c1cccc(S(=O)(=O)N2CCCc3ccccc32)c1)Nc1ccc(C(F)(F)F)cc1[N+](=O)[O-]. The fourth-order valence-electron chi connectivity index (χ4n) is 4.02. The van der Waals surface area contributed by atoms with Gasteiger partial charge < -0.3 is 10.1 Å². The molecule has 1 aliphatic heterocycles. The zero-order valence-corrected chi connectivity index (χ0v) is 20.8. The number of anilines is 2. The molecule has 0 aliphatic carbocycles. The Morgan fingerprint density at radius 1 is 1.05 bits per heavy atom. The number of hydrogen-bond donors (Lipinski definition) is 1. The number of para-hydroxylation sites is 1. The Morgan fingerprint density at radius 3 is 2.51 bits per heavy atom. The highest BCUT2D eigenvalue weighted by atomic mass is 32.2. The Hall–Kier alpha value is -4.46. The summed E-state index contributed by atoms with van der Waals surface area (Å²) < 4.78 is 71.5. The maximum Gasteiger partial charge on any atom is 0.416 e. The van der Waals surface area contributed by atoms with Crippen LogP contribution in [0, 0.1) is 10.1 Å². The quantitative estimate of drug-likeness (QED) is 0.253.